The van der Waals surface area contributed by atoms with E-state index in [1.54, 1.807) is 0 Å². The molecule has 0 unspecified atom stereocenters. The molecule has 0 fully saturated rings. The molecule has 1 heterocycles. The molecule has 0 saturated heterocycles. The predicted molar refractivity (Wildman–Crippen MR) is 50.2 cm³/mol. The minimum atomic E-state index is -4.33. The maximum absolute atomic E-state index is 11.7. The van der Waals surface area contributed by atoms with E-state index in [0.29, 0.717) is 0 Å². The summed E-state index contributed by atoms with van der Waals surface area (Å²) in [6.45, 7) is -1.38. The van der Waals surface area contributed by atoms with E-state index in [1.807, 2.05) is 0 Å². The van der Waals surface area contributed by atoms with Crippen LogP contribution in [0.2, 0.25) is 0 Å². The monoisotopic (exact) mass is 237 g/mol. The maximum atomic E-state index is 11.7. The zero-order valence-corrected chi connectivity index (χ0v) is 8.17. The standard InChI is InChI=1S/C8H10F3N3O2/c9-8(10,11)5-16-4-3-13-6-7(15)14-2-1-12-6/h1-2H,3-5H2,(H,12,13)(H,14,15). The van der Waals surface area contributed by atoms with Crippen LogP contribution in [0.15, 0.2) is 17.2 Å². The molecule has 16 heavy (non-hydrogen) atoms. The van der Waals surface area contributed by atoms with Gasteiger partial charge in [-0.2, -0.15) is 13.2 Å². The number of rotatable bonds is 5. The molecular formula is C8H10F3N3O2. The van der Waals surface area contributed by atoms with Crippen molar-refractivity contribution in [2.24, 2.45) is 0 Å². The van der Waals surface area contributed by atoms with Gasteiger partial charge in [0.05, 0.1) is 6.61 Å². The molecule has 0 amide bonds. The van der Waals surface area contributed by atoms with Crippen molar-refractivity contribution in [3.8, 4) is 0 Å². The number of alkyl halides is 3. The first-order chi connectivity index (χ1) is 7.49. The van der Waals surface area contributed by atoms with E-state index in [1.165, 1.54) is 12.4 Å². The van der Waals surface area contributed by atoms with E-state index in [9.17, 15) is 18.0 Å². The molecule has 2 N–H and O–H groups in total. The Balaban J connectivity index is 2.22. The summed E-state index contributed by atoms with van der Waals surface area (Å²) in [5.41, 5.74) is -0.432. The number of nitrogens with one attached hydrogen (secondary N) is 2. The number of ether oxygens (including phenoxy) is 1. The smallest absolute Gasteiger partial charge is 0.370 e. The highest BCUT2D eigenvalue weighted by atomic mass is 19.4. The number of hydrogen-bond acceptors (Lipinski definition) is 4. The van der Waals surface area contributed by atoms with Crippen molar-refractivity contribution in [2.75, 3.05) is 25.1 Å². The normalized spacial score (nSPS) is 11.4. The van der Waals surface area contributed by atoms with E-state index < -0.39 is 18.3 Å². The Bertz CT molecular complexity index is 377. The van der Waals surface area contributed by atoms with Crippen LogP contribution in [-0.4, -0.2) is 35.9 Å². The van der Waals surface area contributed by atoms with Crippen LogP contribution in [0.3, 0.4) is 0 Å². The SMILES string of the molecule is O=c1[nH]ccnc1NCCOCC(F)(F)F. The predicted octanol–water partition coefficient (Wildman–Crippen LogP) is 0.761. The van der Waals surface area contributed by atoms with E-state index in [0.717, 1.165) is 0 Å². The minimum Gasteiger partial charge on any atom is -0.370 e. The van der Waals surface area contributed by atoms with E-state index in [2.05, 4.69) is 20.0 Å². The second-order valence-electron chi connectivity index (χ2n) is 2.86. The van der Waals surface area contributed by atoms with Crippen molar-refractivity contribution in [1.29, 1.82) is 0 Å². The summed E-state index contributed by atoms with van der Waals surface area (Å²) in [7, 11) is 0. The largest absolute Gasteiger partial charge is 0.411 e. The van der Waals surface area contributed by atoms with Crippen molar-refractivity contribution >= 4 is 5.82 Å². The third-order valence-electron chi connectivity index (χ3n) is 1.51. The summed E-state index contributed by atoms with van der Waals surface area (Å²) in [5, 5.41) is 2.55. The van der Waals surface area contributed by atoms with Crippen molar-refractivity contribution in [3.63, 3.8) is 0 Å². The summed E-state index contributed by atoms with van der Waals surface area (Å²) in [5.74, 6) is 0.0538. The van der Waals surface area contributed by atoms with Crippen LogP contribution in [0.1, 0.15) is 0 Å². The van der Waals surface area contributed by atoms with E-state index in [4.69, 9.17) is 0 Å². The minimum absolute atomic E-state index is 0.0538. The van der Waals surface area contributed by atoms with Gasteiger partial charge in [-0.15, -0.1) is 0 Å². The highest BCUT2D eigenvalue weighted by molar-refractivity contribution is 5.29. The van der Waals surface area contributed by atoms with Gasteiger partial charge in [-0.1, -0.05) is 0 Å². The zero-order valence-electron chi connectivity index (χ0n) is 8.17. The van der Waals surface area contributed by atoms with Crippen LogP contribution in [0.25, 0.3) is 0 Å². The average Bonchev–Trinajstić information content (AvgIpc) is 2.18. The van der Waals surface area contributed by atoms with Crippen molar-refractivity contribution in [2.45, 2.75) is 6.18 Å². The molecule has 0 bridgehead atoms. The number of halogens is 3. The molecule has 0 aliphatic rings. The fourth-order valence-electron chi connectivity index (χ4n) is 0.907. The Morgan fingerprint density at radius 1 is 1.50 bits per heavy atom. The van der Waals surface area contributed by atoms with Crippen LogP contribution >= 0.6 is 0 Å². The molecule has 0 atom stereocenters. The summed E-state index contributed by atoms with van der Waals surface area (Å²) in [4.78, 5) is 17.1. The number of aromatic nitrogens is 2. The third-order valence-corrected chi connectivity index (χ3v) is 1.51. The molecule has 8 heteroatoms. The molecule has 0 aromatic carbocycles. The summed E-state index contributed by atoms with van der Waals surface area (Å²) in [6.07, 6.45) is -1.61. The lowest BCUT2D eigenvalue weighted by Crippen LogP contribution is -2.22. The number of H-pyrrole nitrogens is 1. The van der Waals surface area contributed by atoms with Gasteiger partial charge in [0.2, 0.25) is 0 Å². The fraction of sp³-hybridized carbons (Fsp3) is 0.500. The number of nitrogens with zero attached hydrogens (tertiary/aromatic N) is 1. The van der Waals surface area contributed by atoms with E-state index >= 15 is 0 Å². The van der Waals surface area contributed by atoms with Gasteiger partial charge in [0, 0.05) is 18.9 Å². The zero-order chi connectivity index (χ0) is 12.0. The maximum Gasteiger partial charge on any atom is 0.411 e. The molecule has 0 aliphatic carbocycles. The average molecular weight is 237 g/mol. The van der Waals surface area contributed by atoms with Crippen molar-refractivity contribution < 1.29 is 17.9 Å². The Morgan fingerprint density at radius 2 is 2.25 bits per heavy atom. The Hall–Kier alpha value is -1.57. The molecular weight excluding hydrogens is 227 g/mol. The van der Waals surface area contributed by atoms with Crippen LogP contribution in [0.5, 0.6) is 0 Å². The molecule has 0 spiro atoms. The number of hydrogen-bond donors (Lipinski definition) is 2. The molecule has 0 saturated carbocycles. The third kappa shape index (κ3) is 4.78. The number of aromatic amines is 1. The second-order valence-corrected chi connectivity index (χ2v) is 2.86. The first kappa shape index (κ1) is 12.5. The Labute approximate surface area is 88.7 Å². The molecule has 1 aromatic rings. The number of anilines is 1. The summed E-state index contributed by atoms with van der Waals surface area (Å²) >= 11 is 0. The van der Waals surface area contributed by atoms with Gasteiger partial charge in [0.1, 0.15) is 6.61 Å². The summed E-state index contributed by atoms with van der Waals surface area (Å²) in [6, 6.07) is 0. The molecule has 5 nitrogen and oxygen atoms in total. The first-order valence-corrected chi connectivity index (χ1v) is 4.41. The topological polar surface area (TPSA) is 67.0 Å². The van der Waals surface area contributed by atoms with Crippen molar-refractivity contribution in [1.82, 2.24) is 9.97 Å². The van der Waals surface area contributed by atoms with Gasteiger partial charge < -0.3 is 15.0 Å². The van der Waals surface area contributed by atoms with Gasteiger partial charge >= 0.3 is 6.18 Å². The lowest BCUT2D eigenvalue weighted by atomic mass is 10.6. The molecule has 0 aliphatic heterocycles. The lowest BCUT2D eigenvalue weighted by molar-refractivity contribution is -0.172. The molecule has 1 rings (SSSR count). The van der Waals surface area contributed by atoms with E-state index in [-0.39, 0.29) is 19.0 Å². The van der Waals surface area contributed by atoms with Gasteiger partial charge in [-0.25, -0.2) is 4.98 Å². The second kappa shape index (κ2) is 5.50. The Morgan fingerprint density at radius 3 is 2.88 bits per heavy atom. The Kier molecular flexibility index (Phi) is 4.29. The molecule has 90 valence electrons. The quantitative estimate of drug-likeness (QED) is 0.742. The van der Waals surface area contributed by atoms with Gasteiger partial charge in [0.25, 0.3) is 5.56 Å². The van der Waals surface area contributed by atoms with Crippen molar-refractivity contribution in [3.05, 3.63) is 22.7 Å². The highest BCUT2D eigenvalue weighted by Crippen LogP contribution is 2.13. The highest BCUT2D eigenvalue weighted by Gasteiger charge is 2.27. The van der Waals surface area contributed by atoms with Crippen LogP contribution in [0.4, 0.5) is 19.0 Å². The van der Waals surface area contributed by atoms with Crippen LogP contribution < -0.4 is 10.9 Å². The van der Waals surface area contributed by atoms with Crippen LogP contribution in [-0.2, 0) is 4.74 Å². The van der Waals surface area contributed by atoms with Crippen LogP contribution in [0, 0.1) is 0 Å². The lowest BCUT2D eigenvalue weighted by Gasteiger charge is -2.08. The van der Waals surface area contributed by atoms with Gasteiger partial charge in [0.15, 0.2) is 5.82 Å². The molecule has 0 radical (unpaired) electrons. The molecule has 1 aromatic heterocycles. The first-order valence-electron chi connectivity index (χ1n) is 4.41. The fourth-order valence-corrected chi connectivity index (χ4v) is 0.907. The summed E-state index contributed by atoms with van der Waals surface area (Å²) < 4.78 is 39.3. The van der Waals surface area contributed by atoms with Gasteiger partial charge in [-0.3, -0.25) is 4.79 Å². The van der Waals surface area contributed by atoms with Gasteiger partial charge in [-0.05, 0) is 0 Å².